The first kappa shape index (κ1) is 33.2. The maximum atomic E-state index is 14.7. The minimum atomic E-state index is -0.891. The molecule has 5 aromatic rings. The second-order valence-electron chi connectivity index (χ2n) is 11.1. The van der Waals surface area contributed by atoms with Crippen LogP contribution in [0, 0.1) is 0 Å². The first-order valence-electron chi connectivity index (χ1n) is 15.8. The van der Waals surface area contributed by atoms with Crippen molar-refractivity contribution in [2.45, 2.75) is 26.8 Å². The summed E-state index contributed by atoms with van der Waals surface area (Å²) >= 11 is 5.01. The number of thiazole rings is 1. The summed E-state index contributed by atoms with van der Waals surface area (Å²) in [7, 11) is 3.22. The van der Waals surface area contributed by atoms with Crippen LogP contribution in [-0.2, 0) is 9.53 Å². The van der Waals surface area contributed by atoms with Crippen LogP contribution in [0.2, 0.25) is 0 Å². The van der Waals surface area contributed by atoms with Gasteiger partial charge >= 0.3 is 5.97 Å². The summed E-state index contributed by atoms with van der Waals surface area (Å²) in [5.74, 6) is 0.629. The molecule has 1 aliphatic rings. The normalized spacial score (nSPS) is 14.5. The van der Waals surface area contributed by atoms with E-state index in [1.165, 1.54) is 11.3 Å². The van der Waals surface area contributed by atoms with Gasteiger partial charge in [-0.25, -0.2) is 9.79 Å². The molecule has 0 saturated carbocycles. The van der Waals surface area contributed by atoms with E-state index in [0.717, 1.165) is 45.1 Å². The van der Waals surface area contributed by atoms with Crippen LogP contribution in [0.3, 0.4) is 0 Å². The number of anilines is 1. The van der Waals surface area contributed by atoms with Gasteiger partial charge in [-0.05, 0) is 65.7 Å². The highest BCUT2D eigenvalue weighted by molar-refractivity contribution is 9.10. The van der Waals surface area contributed by atoms with Gasteiger partial charge in [0.05, 0.1) is 42.3 Å². The molecule has 0 aliphatic carbocycles. The average molecular weight is 727 g/mol. The third-order valence-electron chi connectivity index (χ3n) is 8.49. The van der Waals surface area contributed by atoms with E-state index in [9.17, 15) is 9.59 Å². The molecule has 10 heteroatoms. The summed E-state index contributed by atoms with van der Waals surface area (Å²) in [6, 6.07) is 24.3. The van der Waals surface area contributed by atoms with E-state index in [0.29, 0.717) is 32.1 Å². The van der Waals surface area contributed by atoms with E-state index in [1.54, 1.807) is 25.7 Å². The summed E-state index contributed by atoms with van der Waals surface area (Å²) in [5.41, 5.74) is 3.58. The highest BCUT2D eigenvalue weighted by Crippen LogP contribution is 2.42. The van der Waals surface area contributed by atoms with Gasteiger partial charge in [-0.2, -0.15) is 0 Å². The maximum Gasteiger partial charge on any atom is 0.338 e. The van der Waals surface area contributed by atoms with E-state index in [1.807, 2.05) is 84.9 Å². The third-order valence-corrected chi connectivity index (χ3v) is 10.1. The number of carbonyl (C=O) groups is 1. The van der Waals surface area contributed by atoms with Crippen molar-refractivity contribution >= 4 is 61.5 Å². The minimum absolute atomic E-state index is 0.159. The Morgan fingerprint density at radius 3 is 2.35 bits per heavy atom. The Bertz CT molecular complexity index is 2220. The summed E-state index contributed by atoms with van der Waals surface area (Å²) < 4.78 is 20.4. The number of esters is 1. The highest BCUT2D eigenvalue weighted by Gasteiger charge is 2.37. The molecular weight excluding hydrogens is 690 g/mol. The maximum absolute atomic E-state index is 14.7. The Morgan fingerprint density at radius 2 is 1.67 bits per heavy atom. The third kappa shape index (κ3) is 5.95. The molecule has 0 bridgehead atoms. The summed E-state index contributed by atoms with van der Waals surface area (Å²) in [5, 5.41) is 1.80. The van der Waals surface area contributed by atoms with Gasteiger partial charge in [-0.3, -0.25) is 9.36 Å². The molecule has 0 N–H and O–H groups in total. The fourth-order valence-corrected chi connectivity index (χ4v) is 7.85. The number of hydrogen-bond donors (Lipinski definition) is 0. The lowest BCUT2D eigenvalue weighted by Gasteiger charge is -2.28. The molecule has 0 fully saturated rings. The molecule has 2 heterocycles. The van der Waals surface area contributed by atoms with Crippen molar-refractivity contribution in [3.05, 3.63) is 125 Å². The largest absolute Gasteiger partial charge is 0.496 e. The Balaban J connectivity index is 1.70. The SMILES string of the molecule is CCOC(=O)C1=C(c2ccccc2)N=c2s/c(=C/c3cc(Br)c(N(CC)CC)cc3OC)c(=O)n2[C@H]1c1c(OC)ccc2ccccc12. The van der Waals surface area contributed by atoms with Gasteiger partial charge in [-0.1, -0.05) is 72.0 Å². The van der Waals surface area contributed by atoms with Crippen molar-refractivity contribution in [2.75, 3.05) is 38.8 Å². The molecule has 0 radical (unpaired) electrons. The second-order valence-corrected chi connectivity index (χ2v) is 12.9. The van der Waals surface area contributed by atoms with E-state index < -0.39 is 12.0 Å². The lowest BCUT2D eigenvalue weighted by atomic mass is 9.89. The number of fused-ring (bicyclic) bond motifs is 2. The van der Waals surface area contributed by atoms with Gasteiger partial charge in [-0.15, -0.1) is 0 Å². The molecule has 0 spiro atoms. The Hall–Kier alpha value is -4.67. The standard InChI is InChI=1S/C38H36BrN3O5S/c1-6-41(7-2)28-22-30(46-5)25(20-27(28)39)21-31-36(43)42-35(32-26-17-13-12-14-23(26)18-19-29(32)45-4)33(37(44)47-8-3)34(40-38(42)48-31)24-15-10-9-11-16-24/h9-22,35H,6-8H2,1-5H3/b31-21+/t35-/m0/s1. The van der Waals surface area contributed by atoms with Crippen LogP contribution in [0.25, 0.3) is 22.5 Å². The van der Waals surface area contributed by atoms with Crippen molar-refractivity contribution in [2.24, 2.45) is 4.99 Å². The zero-order valence-electron chi connectivity index (χ0n) is 27.5. The van der Waals surface area contributed by atoms with Gasteiger partial charge in [0, 0.05) is 40.3 Å². The molecule has 1 atom stereocenters. The zero-order valence-corrected chi connectivity index (χ0v) is 29.9. The van der Waals surface area contributed by atoms with Gasteiger partial charge in [0.15, 0.2) is 4.80 Å². The lowest BCUT2D eigenvalue weighted by Crippen LogP contribution is -2.40. The Kier molecular flexibility index (Phi) is 9.84. The van der Waals surface area contributed by atoms with Crippen molar-refractivity contribution in [1.82, 2.24) is 4.57 Å². The van der Waals surface area contributed by atoms with Crippen LogP contribution in [0.15, 0.2) is 98.7 Å². The number of nitrogens with zero attached hydrogens (tertiary/aromatic N) is 3. The number of hydrogen-bond acceptors (Lipinski definition) is 8. The summed E-state index contributed by atoms with van der Waals surface area (Å²) in [6.07, 6.45) is 1.83. The van der Waals surface area contributed by atoms with Crippen LogP contribution in [-0.4, -0.2) is 44.5 Å². The number of methoxy groups -OCH3 is 2. The van der Waals surface area contributed by atoms with Crippen molar-refractivity contribution in [1.29, 1.82) is 0 Å². The van der Waals surface area contributed by atoms with Crippen molar-refractivity contribution < 1.29 is 19.0 Å². The highest BCUT2D eigenvalue weighted by atomic mass is 79.9. The van der Waals surface area contributed by atoms with Gasteiger partial charge in [0.1, 0.15) is 17.5 Å². The predicted octanol–water partition coefficient (Wildman–Crippen LogP) is 6.71. The molecule has 4 aromatic carbocycles. The summed E-state index contributed by atoms with van der Waals surface area (Å²) in [4.78, 5) is 36.4. The Morgan fingerprint density at radius 1 is 0.958 bits per heavy atom. The monoisotopic (exact) mass is 725 g/mol. The fraction of sp³-hybridized carbons (Fsp3) is 0.237. The van der Waals surface area contributed by atoms with Crippen LogP contribution in [0.1, 0.15) is 43.5 Å². The van der Waals surface area contributed by atoms with Gasteiger partial charge < -0.3 is 19.1 Å². The number of rotatable bonds is 10. The molecule has 0 unspecified atom stereocenters. The first-order chi connectivity index (χ1) is 23.3. The van der Waals surface area contributed by atoms with E-state index >= 15 is 0 Å². The average Bonchev–Trinajstić information content (AvgIpc) is 3.42. The van der Waals surface area contributed by atoms with Crippen LogP contribution in [0.4, 0.5) is 5.69 Å². The van der Waals surface area contributed by atoms with Gasteiger partial charge in [0.2, 0.25) is 0 Å². The first-order valence-corrected chi connectivity index (χ1v) is 17.4. The molecule has 246 valence electrons. The van der Waals surface area contributed by atoms with E-state index in [2.05, 4.69) is 34.7 Å². The quantitative estimate of drug-likeness (QED) is 0.149. The van der Waals surface area contributed by atoms with Crippen molar-refractivity contribution in [3.63, 3.8) is 0 Å². The molecule has 48 heavy (non-hydrogen) atoms. The minimum Gasteiger partial charge on any atom is -0.496 e. The number of carbonyl (C=O) groups excluding carboxylic acids is 1. The lowest BCUT2D eigenvalue weighted by molar-refractivity contribution is -0.138. The molecule has 0 saturated heterocycles. The molecule has 6 rings (SSSR count). The summed E-state index contributed by atoms with van der Waals surface area (Å²) in [6.45, 7) is 7.80. The number of aromatic nitrogens is 1. The van der Waals surface area contributed by atoms with Crippen molar-refractivity contribution in [3.8, 4) is 11.5 Å². The van der Waals surface area contributed by atoms with E-state index in [-0.39, 0.29) is 17.7 Å². The molecule has 0 amide bonds. The smallest absolute Gasteiger partial charge is 0.338 e. The van der Waals surface area contributed by atoms with Crippen LogP contribution in [0.5, 0.6) is 11.5 Å². The van der Waals surface area contributed by atoms with Gasteiger partial charge in [0.25, 0.3) is 5.56 Å². The second kappa shape index (κ2) is 14.2. The molecular formula is C38H36BrN3O5S. The van der Waals surface area contributed by atoms with Crippen LogP contribution >= 0.6 is 27.3 Å². The number of benzene rings is 4. The predicted molar refractivity (Wildman–Crippen MR) is 196 cm³/mol. The Labute approximate surface area is 291 Å². The fourth-order valence-electron chi connectivity index (χ4n) is 6.24. The number of ether oxygens (including phenoxy) is 3. The van der Waals surface area contributed by atoms with E-state index in [4.69, 9.17) is 19.2 Å². The van der Waals surface area contributed by atoms with Crippen LogP contribution < -0.4 is 29.3 Å². The molecule has 8 nitrogen and oxygen atoms in total. The topological polar surface area (TPSA) is 82.4 Å². The number of halogens is 1. The molecule has 1 aliphatic heterocycles. The zero-order chi connectivity index (χ0) is 33.9. The molecule has 1 aromatic heterocycles.